The average molecular weight is 385 g/mol. The molecule has 1 aromatic heterocycles. The number of hydrogen-bond acceptors (Lipinski definition) is 4. The van der Waals surface area contributed by atoms with Crippen molar-refractivity contribution in [2.45, 2.75) is 37.7 Å². The number of thioether (sulfide) groups is 1. The van der Waals surface area contributed by atoms with Crippen molar-refractivity contribution in [3.8, 4) is 5.75 Å². The van der Waals surface area contributed by atoms with E-state index in [4.69, 9.17) is 4.74 Å². The zero-order chi connectivity index (χ0) is 19.0. The van der Waals surface area contributed by atoms with Gasteiger partial charge < -0.3 is 15.4 Å². The van der Waals surface area contributed by atoms with Crippen molar-refractivity contribution in [2.75, 3.05) is 19.3 Å². The predicted octanol–water partition coefficient (Wildman–Crippen LogP) is 3.61. The molecule has 1 fully saturated rings. The molecule has 6 heteroatoms. The van der Waals surface area contributed by atoms with Crippen LogP contribution in [0.15, 0.2) is 53.7 Å². The number of aliphatic imine (C=N–C) groups is 1. The molecule has 1 atom stereocenters. The molecule has 0 amide bonds. The molecule has 144 valence electrons. The van der Waals surface area contributed by atoms with E-state index in [0.717, 1.165) is 30.5 Å². The van der Waals surface area contributed by atoms with Crippen molar-refractivity contribution in [3.63, 3.8) is 0 Å². The molecule has 0 radical (unpaired) electrons. The Balaban J connectivity index is 1.43. The molecule has 27 heavy (non-hydrogen) atoms. The summed E-state index contributed by atoms with van der Waals surface area (Å²) in [6, 6.07) is 14.0. The fourth-order valence-electron chi connectivity index (χ4n) is 3.00. The molecule has 2 heterocycles. The third-order valence-electron chi connectivity index (χ3n) is 4.65. The molecule has 0 aliphatic carbocycles. The Hall–Kier alpha value is -2.21. The minimum absolute atomic E-state index is 0.324. The zero-order valence-electron chi connectivity index (χ0n) is 16.1. The highest BCUT2D eigenvalue weighted by molar-refractivity contribution is 8.00. The van der Waals surface area contributed by atoms with Crippen molar-refractivity contribution in [1.82, 2.24) is 15.6 Å². The lowest BCUT2D eigenvalue weighted by molar-refractivity contribution is 0.301. The maximum absolute atomic E-state index is 5.78. The second-order valence-corrected chi connectivity index (χ2v) is 8.62. The topological polar surface area (TPSA) is 58.5 Å². The van der Waals surface area contributed by atoms with E-state index in [2.05, 4.69) is 51.4 Å². The first kappa shape index (κ1) is 19.5. The molecular formula is C21H28N4OS. The Labute approximate surface area is 166 Å². The standard InChI is InChI=1S/C21H28N4OS/c1-21(11-5-13-27-21)16-25-20(22-2)24-14-17-7-9-19(10-8-17)26-15-18-6-3-4-12-23-18/h3-4,6-10,12H,5,11,13-16H2,1-2H3,(H2,22,24,25). The molecule has 5 nitrogen and oxygen atoms in total. The minimum Gasteiger partial charge on any atom is -0.487 e. The van der Waals surface area contributed by atoms with E-state index in [-0.39, 0.29) is 0 Å². The van der Waals surface area contributed by atoms with Gasteiger partial charge in [0.2, 0.25) is 0 Å². The SMILES string of the molecule is CN=C(NCc1ccc(OCc2ccccn2)cc1)NCC1(C)CCCS1. The van der Waals surface area contributed by atoms with Gasteiger partial charge in [0.05, 0.1) is 5.69 Å². The Morgan fingerprint density at radius 1 is 1.22 bits per heavy atom. The smallest absolute Gasteiger partial charge is 0.191 e. The van der Waals surface area contributed by atoms with Crippen molar-refractivity contribution >= 4 is 17.7 Å². The maximum atomic E-state index is 5.78. The lowest BCUT2D eigenvalue weighted by Crippen LogP contribution is -2.43. The van der Waals surface area contributed by atoms with Gasteiger partial charge in [-0.2, -0.15) is 11.8 Å². The molecule has 1 aliphatic heterocycles. The quantitative estimate of drug-likeness (QED) is 0.564. The van der Waals surface area contributed by atoms with Crippen molar-refractivity contribution in [2.24, 2.45) is 4.99 Å². The van der Waals surface area contributed by atoms with E-state index in [1.165, 1.54) is 24.2 Å². The fraction of sp³-hybridized carbons (Fsp3) is 0.429. The summed E-state index contributed by atoms with van der Waals surface area (Å²) in [5.41, 5.74) is 2.11. The van der Waals surface area contributed by atoms with Crippen molar-refractivity contribution < 1.29 is 4.74 Å². The van der Waals surface area contributed by atoms with Gasteiger partial charge in [-0.1, -0.05) is 18.2 Å². The summed E-state index contributed by atoms with van der Waals surface area (Å²) in [6.07, 6.45) is 4.35. The van der Waals surface area contributed by atoms with Gasteiger partial charge in [-0.25, -0.2) is 0 Å². The average Bonchev–Trinajstić information content (AvgIpc) is 3.15. The molecule has 3 rings (SSSR count). The van der Waals surface area contributed by atoms with Crippen LogP contribution >= 0.6 is 11.8 Å². The van der Waals surface area contributed by atoms with Gasteiger partial charge in [0.1, 0.15) is 12.4 Å². The molecule has 2 aromatic rings. The van der Waals surface area contributed by atoms with Crippen LogP contribution in [-0.4, -0.2) is 35.0 Å². The molecule has 0 spiro atoms. The lowest BCUT2D eigenvalue weighted by atomic mass is 10.1. The number of benzene rings is 1. The zero-order valence-corrected chi connectivity index (χ0v) is 16.9. The van der Waals surface area contributed by atoms with Crippen LogP contribution in [0.4, 0.5) is 0 Å². The highest BCUT2D eigenvalue weighted by Gasteiger charge is 2.29. The molecular weight excluding hydrogens is 356 g/mol. The summed E-state index contributed by atoms with van der Waals surface area (Å²) in [5, 5.41) is 6.84. The van der Waals surface area contributed by atoms with Crippen molar-refractivity contribution in [3.05, 3.63) is 59.9 Å². The first-order chi connectivity index (χ1) is 13.2. The third-order valence-corrected chi connectivity index (χ3v) is 6.19. The van der Waals surface area contributed by atoms with Gasteiger partial charge in [0.25, 0.3) is 0 Å². The highest BCUT2D eigenvalue weighted by Crippen LogP contribution is 2.36. The highest BCUT2D eigenvalue weighted by atomic mass is 32.2. The van der Waals surface area contributed by atoms with Crippen LogP contribution in [-0.2, 0) is 13.2 Å². The number of pyridine rings is 1. The Bertz CT molecular complexity index is 728. The molecule has 0 saturated carbocycles. The number of guanidine groups is 1. The van der Waals surface area contributed by atoms with Crippen LogP contribution in [0, 0.1) is 0 Å². The number of nitrogens with one attached hydrogen (secondary N) is 2. The van der Waals surface area contributed by atoms with Crippen LogP contribution < -0.4 is 15.4 Å². The Kier molecular flexibility index (Phi) is 6.98. The first-order valence-corrected chi connectivity index (χ1v) is 10.4. The van der Waals surface area contributed by atoms with Gasteiger partial charge in [-0.05, 0) is 55.3 Å². The van der Waals surface area contributed by atoms with Gasteiger partial charge in [-0.15, -0.1) is 0 Å². The van der Waals surface area contributed by atoms with E-state index in [9.17, 15) is 0 Å². The summed E-state index contributed by atoms with van der Waals surface area (Å²) in [7, 11) is 1.81. The van der Waals surface area contributed by atoms with E-state index < -0.39 is 0 Å². The summed E-state index contributed by atoms with van der Waals surface area (Å²) < 4.78 is 6.10. The lowest BCUT2D eigenvalue weighted by Gasteiger charge is -2.24. The van der Waals surface area contributed by atoms with Crippen LogP contribution in [0.3, 0.4) is 0 Å². The number of nitrogens with zero attached hydrogens (tertiary/aromatic N) is 2. The second kappa shape index (κ2) is 9.65. The summed E-state index contributed by atoms with van der Waals surface area (Å²) in [5.74, 6) is 2.95. The number of rotatable bonds is 7. The van der Waals surface area contributed by atoms with Crippen LogP contribution in [0.2, 0.25) is 0 Å². The second-order valence-electron chi connectivity index (χ2n) is 6.93. The van der Waals surface area contributed by atoms with E-state index in [1.807, 2.05) is 37.4 Å². The van der Waals surface area contributed by atoms with Gasteiger partial charge in [0, 0.05) is 31.1 Å². The summed E-state index contributed by atoms with van der Waals surface area (Å²) >= 11 is 2.05. The molecule has 1 aliphatic rings. The molecule has 1 aromatic carbocycles. The van der Waals surface area contributed by atoms with Crippen molar-refractivity contribution in [1.29, 1.82) is 0 Å². The number of hydrogen-bond donors (Lipinski definition) is 2. The van der Waals surface area contributed by atoms with Crippen LogP contribution in [0.25, 0.3) is 0 Å². The van der Waals surface area contributed by atoms with Crippen LogP contribution in [0.5, 0.6) is 5.75 Å². The summed E-state index contributed by atoms with van der Waals surface area (Å²) in [4.78, 5) is 8.59. The van der Waals surface area contributed by atoms with Gasteiger partial charge in [-0.3, -0.25) is 9.98 Å². The largest absolute Gasteiger partial charge is 0.487 e. The van der Waals surface area contributed by atoms with E-state index >= 15 is 0 Å². The normalized spacial score (nSPS) is 19.7. The van der Waals surface area contributed by atoms with Gasteiger partial charge >= 0.3 is 0 Å². The molecule has 0 bridgehead atoms. The Morgan fingerprint density at radius 3 is 2.74 bits per heavy atom. The monoisotopic (exact) mass is 384 g/mol. The molecule has 1 unspecified atom stereocenters. The number of aromatic nitrogens is 1. The van der Waals surface area contributed by atoms with E-state index in [1.54, 1.807) is 6.20 Å². The molecule has 1 saturated heterocycles. The predicted molar refractivity (Wildman–Crippen MR) is 113 cm³/mol. The van der Waals surface area contributed by atoms with E-state index in [0.29, 0.717) is 11.4 Å². The number of ether oxygens (including phenoxy) is 1. The third kappa shape index (κ3) is 6.17. The minimum atomic E-state index is 0.324. The molecule has 2 N–H and O–H groups in total. The summed E-state index contributed by atoms with van der Waals surface area (Å²) in [6.45, 7) is 4.47. The fourth-order valence-corrected chi connectivity index (χ4v) is 4.24. The Morgan fingerprint density at radius 2 is 2.07 bits per heavy atom. The van der Waals surface area contributed by atoms with Crippen LogP contribution in [0.1, 0.15) is 31.0 Å². The van der Waals surface area contributed by atoms with Gasteiger partial charge in [0.15, 0.2) is 5.96 Å². The maximum Gasteiger partial charge on any atom is 0.191 e. The first-order valence-electron chi connectivity index (χ1n) is 9.37.